The lowest BCUT2D eigenvalue weighted by molar-refractivity contribution is -0.358. The summed E-state index contributed by atoms with van der Waals surface area (Å²) in [7, 11) is 0. The van der Waals surface area contributed by atoms with Crippen LogP contribution in [0.3, 0.4) is 0 Å². The summed E-state index contributed by atoms with van der Waals surface area (Å²) in [6.07, 6.45) is 4.58. The number of aliphatic imine (C=N–C) groups is 1. The number of allylic oxidation sites excluding steroid dienone is 1. The summed E-state index contributed by atoms with van der Waals surface area (Å²) in [5, 5.41) is 14.0. The summed E-state index contributed by atoms with van der Waals surface area (Å²) >= 11 is 1.61. The SMILES string of the molecule is CCC1C=NC=C2C1=[N+]([O-])c1ccsc12. The van der Waals surface area contributed by atoms with E-state index in [9.17, 15) is 5.21 Å². The third-order valence-electron chi connectivity index (χ3n) is 2.86. The molecule has 0 fully saturated rings. The van der Waals surface area contributed by atoms with Gasteiger partial charge in [0.2, 0.25) is 11.4 Å². The molecule has 1 aromatic heterocycles. The Balaban J connectivity index is 2.24. The Morgan fingerprint density at radius 3 is 3.27 bits per heavy atom. The Morgan fingerprint density at radius 1 is 1.60 bits per heavy atom. The molecule has 0 aromatic carbocycles. The summed E-state index contributed by atoms with van der Waals surface area (Å²) in [6.45, 7) is 2.08. The number of fused-ring (bicyclic) bond motifs is 3. The molecule has 1 unspecified atom stereocenters. The molecule has 1 aromatic rings. The number of hydrogen-bond donors (Lipinski definition) is 0. The maximum atomic E-state index is 12.0. The topological polar surface area (TPSA) is 38.4 Å². The predicted octanol–water partition coefficient (Wildman–Crippen LogP) is 2.80. The van der Waals surface area contributed by atoms with Crippen LogP contribution in [0.15, 0.2) is 22.6 Å². The predicted molar refractivity (Wildman–Crippen MR) is 62.9 cm³/mol. The van der Waals surface area contributed by atoms with E-state index in [2.05, 4.69) is 11.9 Å². The summed E-state index contributed by atoms with van der Waals surface area (Å²) in [5.74, 6) is 0.169. The molecular formula is C11H10N2OS. The van der Waals surface area contributed by atoms with E-state index in [1.54, 1.807) is 17.5 Å². The number of thiophene rings is 1. The maximum Gasteiger partial charge on any atom is 0.235 e. The zero-order valence-corrected chi connectivity index (χ0v) is 9.12. The fourth-order valence-electron chi connectivity index (χ4n) is 2.09. The van der Waals surface area contributed by atoms with Gasteiger partial charge in [-0.1, -0.05) is 6.92 Å². The van der Waals surface area contributed by atoms with Gasteiger partial charge in [-0.25, -0.2) is 0 Å². The van der Waals surface area contributed by atoms with E-state index in [4.69, 9.17) is 0 Å². The van der Waals surface area contributed by atoms with E-state index in [1.807, 2.05) is 17.7 Å². The largest absolute Gasteiger partial charge is 0.618 e. The van der Waals surface area contributed by atoms with Gasteiger partial charge in [0.1, 0.15) is 4.88 Å². The van der Waals surface area contributed by atoms with E-state index in [-0.39, 0.29) is 5.92 Å². The van der Waals surface area contributed by atoms with E-state index in [1.165, 1.54) is 0 Å². The highest BCUT2D eigenvalue weighted by atomic mass is 32.1. The minimum atomic E-state index is 0.169. The average Bonchev–Trinajstić information content (AvgIpc) is 2.83. The molecule has 0 aliphatic carbocycles. The molecule has 3 rings (SSSR count). The van der Waals surface area contributed by atoms with E-state index >= 15 is 0 Å². The van der Waals surface area contributed by atoms with Gasteiger partial charge in [-0.15, -0.1) is 11.3 Å². The van der Waals surface area contributed by atoms with Crippen LogP contribution in [0.25, 0.3) is 5.57 Å². The van der Waals surface area contributed by atoms with Gasteiger partial charge in [0, 0.05) is 18.5 Å². The molecule has 2 aliphatic heterocycles. The zero-order valence-electron chi connectivity index (χ0n) is 8.30. The van der Waals surface area contributed by atoms with Crippen LogP contribution in [-0.4, -0.2) is 16.7 Å². The molecule has 0 amide bonds. The third kappa shape index (κ3) is 1.05. The maximum absolute atomic E-state index is 12.0. The Hall–Kier alpha value is -1.42. The minimum absolute atomic E-state index is 0.169. The lowest BCUT2D eigenvalue weighted by Gasteiger charge is -2.12. The summed E-state index contributed by atoms with van der Waals surface area (Å²) in [5.41, 5.74) is 2.67. The zero-order chi connectivity index (χ0) is 10.4. The molecular weight excluding hydrogens is 208 g/mol. The van der Waals surface area contributed by atoms with Crippen LogP contribution in [0.4, 0.5) is 5.69 Å². The molecule has 0 saturated heterocycles. The first kappa shape index (κ1) is 8.85. The van der Waals surface area contributed by atoms with Crippen molar-refractivity contribution in [3.63, 3.8) is 0 Å². The number of hydrogen-bond acceptors (Lipinski definition) is 3. The van der Waals surface area contributed by atoms with Crippen LogP contribution in [0, 0.1) is 11.1 Å². The lowest BCUT2D eigenvalue weighted by Crippen LogP contribution is -2.22. The Morgan fingerprint density at radius 2 is 2.47 bits per heavy atom. The first-order valence-corrected chi connectivity index (χ1v) is 5.86. The fraction of sp³-hybridized carbons (Fsp3) is 0.273. The Bertz CT molecular complexity index is 510. The molecule has 0 bridgehead atoms. The van der Waals surface area contributed by atoms with Gasteiger partial charge in [-0.3, -0.25) is 4.99 Å². The second-order valence-electron chi connectivity index (χ2n) is 3.67. The standard InChI is InChI=1S/C11H10N2OS/c1-2-7-5-12-6-8-10(7)13(14)9-3-4-15-11(8)9/h3-7H,2H2,1H3. The quantitative estimate of drug-likeness (QED) is 0.527. The molecule has 3 nitrogen and oxygen atoms in total. The highest BCUT2D eigenvalue weighted by Crippen LogP contribution is 2.41. The molecule has 0 spiro atoms. The Labute approximate surface area is 91.7 Å². The van der Waals surface area contributed by atoms with Crippen LogP contribution in [0.5, 0.6) is 0 Å². The fourth-order valence-corrected chi connectivity index (χ4v) is 2.97. The molecule has 0 saturated carbocycles. The van der Waals surface area contributed by atoms with Crippen LogP contribution in [-0.2, 0) is 0 Å². The van der Waals surface area contributed by atoms with Crippen molar-refractivity contribution in [1.82, 2.24) is 0 Å². The summed E-state index contributed by atoms with van der Waals surface area (Å²) in [6, 6.07) is 1.88. The Kier molecular flexibility index (Phi) is 1.79. The van der Waals surface area contributed by atoms with Gasteiger partial charge in [-0.2, -0.15) is 4.74 Å². The van der Waals surface area contributed by atoms with E-state index in [0.717, 1.165) is 33.0 Å². The van der Waals surface area contributed by atoms with Crippen LogP contribution < -0.4 is 0 Å². The highest BCUT2D eigenvalue weighted by molar-refractivity contribution is 7.12. The van der Waals surface area contributed by atoms with Gasteiger partial charge < -0.3 is 5.21 Å². The van der Waals surface area contributed by atoms with E-state index in [0.29, 0.717) is 0 Å². The molecule has 1 atom stereocenters. The van der Waals surface area contributed by atoms with Crippen molar-refractivity contribution in [1.29, 1.82) is 0 Å². The summed E-state index contributed by atoms with van der Waals surface area (Å²) in [4.78, 5) is 5.28. The molecule has 15 heavy (non-hydrogen) atoms. The second kappa shape index (κ2) is 3.03. The molecule has 3 heterocycles. The smallest absolute Gasteiger partial charge is 0.235 e. The van der Waals surface area contributed by atoms with Crippen molar-refractivity contribution >= 4 is 34.5 Å². The molecule has 2 aliphatic rings. The number of nitrogens with zero attached hydrogens (tertiary/aromatic N) is 2. The number of rotatable bonds is 1. The molecule has 76 valence electrons. The van der Waals surface area contributed by atoms with Gasteiger partial charge in [-0.05, 0) is 11.8 Å². The highest BCUT2D eigenvalue weighted by Gasteiger charge is 2.38. The van der Waals surface area contributed by atoms with Crippen molar-refractivity contribution in [2.45, 2.75) is 13.3 Å². The van der Waals surface area contributed by atoms with Crippen molar-refractivity contribution in [2.75, 3.05) is 0 Å². The van der Waals surface area contributed by atoms with Crippen LogP contribution in [0.1, 0.15) is 18.2 Å². The molecule has 0 N–H and O–H groups in total. The molecule has 4 heteroatoms. The first-order chi connectivity index (χ1) is 7.33. The first-order valence-electron chi connectivity index (χ1n) is 4.98. The monoisotopic (exact) mass is 218 g/mol. The van der Waals surface area contributed by atoms with Gasteiger partial charge in [0.25, 0.3) is 0 Å². The third-order valence-corrected chi connectivity index (χ3v) is 3.80. The minimum Gasteiger partial charge on any atom is -0.618 e. The van der Waals surface area contributed by atoms with Gasteiger partial charge in [0.05, 0.1) is 11.5 Å². The normalized spacial score (nSPS) is 22.7. The van der Waals surface area contributed by atoms with Crippen LogP contribution in [0.2, 0.25) is 0 Å². The summed E-state index contributed by atoms with van der Waals surface area (Å²) < 4.78 is 1.07. The second-order valence-corrected chi connectivity index (χ2v) is 4.59. The lowest BCUT2D eigenvalue weighted by atomic mass is 9.94. The van der Waals surface area contributed by atoms with Crippen molar-refractivity contribution < 1.29 is 4.74 Å². The average molecular weight is 218 g/mol. The van der Waals surface area contributed by atoms with Gasteiger partial charge in [0.15, 0.2) is 0 Å². The van der Waals surface area contributed by atoms with Crippen molar-refractivity contribution in [2.24, 2.45) is 10.9 Å². The van der Waals surface area contributed by atoms with Crippen molar-refractivity contribution in [3.8, 4) is 0 Å². The molecule has 0 radical (unpaired) electrons. The van der Waals surface area contributed by atoms with Gasteiger partial charge >= 0.3 is 0 Å². The van der Waals surface area contributed by atoms with E-state index < -0.39 is 0 Å². The van der Waals surface area contributed by atoms with Crippen LogP contribution >= 0.6 is 11.3 Å². The van der Waals surface area contributed by atoms with Crippen molar-refractivity contribution in [3.05, 3.63) is 27.7 Å².